The summed E-state index contributed by atoms with van der Waals surface area (Å²) < 4.78 is 0. The van der Waals surface area contributed by atoms with Gasteiger partial charge in [-0.1, -0.05) is 44.2 Å². The molecule has 1 aliphatic heterocycles. The number of nitrogens with two attached hydrogens (primary N) is 1. The zero-order valence-corrected chi connectivity index (χ0v) is 14.7. The van der Waals surface area contributed by atoms with E-state index in [-0.39, 0.29) is 0 Å². The Morgan fingerprint density at radius 1 is 1.17 bits per heavy atom. The first kappa shape index (κ1) is 15.3. The number of aromatic nitrogens is 3. The van der Waals surface area contributed by atoms with Crippen molar-refractivity contribution >= 4 is 34.4 Å². The van der Waals surface area contributed by atoms with E-state index in [9.17, 15) is 0 Å². The van der Waals surface area contributed by atoms with Crippen LogP contribution in [0, 0.1) is 0 Å². The molecule has 0 amide bonds. The molecule has 0 saturated carbocycles. The van der Waals surface area contributed by atoms with Gasteiger partial charge in [0.1, 0.15) is 11.6 Å². The van der Waals surface area contributed by atoms with Crippen LogP contribution in [-0.2, 0) is 0 Å². The van der Waals surface area contributed by atoms with Crippen LogP contribution < -0.4 is 10.6 Å². The van der Waals surface area contributed by atoms with Crippen LogP contribution in [-0.4, -0.2) is 38.8 Å². The summed E-state index contributed by atoms with van der Waals surface area (Å²) in [6.07, 6.45) is 0. The van der Waals surface area contributed by atoms with Gasteiger partial charge in [-0.25, -0.2) is 4.98 Å². The van der Waals surface area contributed by atoms with Crippen LogP contribution in [0.15, 0.2) is 36.4 Å². The lowest BCUT2D eigenvalue weighted by Gasteiger charge is -2.35. The summed E-state index contributed by atoms with van der Waals surface area (Å²) >= 11 is 2.04. The molecular weight excluding hydrogens is 318 g/mol. The topological polar surface area (TPSA) is 70.8 Å². The first-order valence-corrected chi connectivity index (χ1v) is 9.16. The molecule has 2 unspecified atom stereocenters. The number of benzene rings is 1. The fourth-order valence-corrected chi connectivity index (χ4v) is 4.73. The predicted octanol–water partition coefficient (Wildman–Crippen LogP) is 3.54. The SMILES string of the molecule is CC1CN(c2cc(-c3ccccc3)c3c(N)[nH]nc3n2)CC(C)S1. The summed E-state index contributed by atoms with van der Waals surface area (Å²) in [5.74, 6) is 1.55. The van der Waals surface area contributed by atoms with E-state index in [0.717, 1.165) is 35.4 Å². The number of anilines is 2. The van der Waals surface area contributed by atoms with Gasteiger partial charge in [0.25, 0.3) is 0 Å². The second kappa shape index (κ2) is 6.02. The Morgan fingerprint density at radius 3 is 2.58 bits per heavy atom. The molecule has 4 rings (SSSR count). The van der Waals surface area contributed by atoms with Crippen molar-refractivity contribution in [2.45, 2.75) is 24.3 Å². The van der Waals surface area contributed by atoms with Crippen molar-refractivity contribution < 1.29 is 0 Å². The third-order valence-electron chi connectivity index (χ3n) is 4.37. The highest BCUT2D eigenvalue weighted by atomic mass is 32.2. The lowest BCUT2D eigenvalue weighted by molar-refractivity contribution is 0.720. The maximum atomic E-state index is 6.11. The van der Waals surface area contributed by atoms with Crippen molar-refractivity contribution in [1.82, 2.24) is 15.2 Å². The van der Waals surface area contributed by atoms with Gasteiger partial charge in [0.15, 0.2) is 5.65 Å². The van der Waals surface area contributed by atoms with E-state index in [1.54, 1.807) is 0 Å². The molecule has 1 aromatic carbocycles. The molecular formula is C18H21N5S. The van der Waals surface area contributed by atoms with Gasteiger partial charge in [0.2, 0.25) is 0 Å². The van der Waals surface area contributed by atoms with Crippen LogP contribution in [0.1, 0.15) is 13.8 Å². The molecule has 3 N–H and O–H groups in total. The third-order valence-corrected chi connectivity index (χ3v) is 5.59. The summed E-state index contributed by atoms with van der Waals surface area (Å²) in [6, 6.07) is 12.5. The molecule has 0 spiro atoms. The number of pyridine rings is 1. The van der Waals surface area contributed by atoms with E-state index in [0.29, 0.717) is 22.0 Å². The third kappa shape index (κ3) is 2.71. The molecule has 1 fully saturated rings. The summed E-state index contributed by atoms with van der Waals surface area (Å²) in [7, 11) is 0. The predicted molar refractivity (Wildman–Crippen MR) is 102 cm³/mol. The Balaban J connectivity index is 1.86. The van der Waals surface area contributed by atoms with E-state index < -0.39 is 0 Å². The molecule has 5 nitrogen and oxygen atoms in total. The molecule has 0 radical (unpaired) electrons. The zero-order chi connectivity index (χ0) is 16.7. The fourth-order valence-electron chi connectivity index (χ4n) is 3.41. The lowest BCUT2D eigenvalue weighted by atomic mass is 10.0. The van der Waals surface area contributed by atoms with Gasteiger partial charge in [0, 0.05) is 29.2 Å². The normalized spacial score (nSPS) is 21.3. The van der Waals surface area contributed by atoms with Crippen LogP contribution in [0.3, 0.4) is 0 Å². The Hall–Kier alpha value is -2.21. The number of thioether (sulfide) groups is 1. The minimum Gasteiger partial charge on any atom is -0.383 e. The van der Waals surface area contributed by atoms with Crippen LogP contribution in [0.25, 0.3) is 22.2 Å². The smallest absolute Gasteiger partial charge is 0.185 e. The Kier molecular flexibility index (Phi) is 3.84. The number of fused-ring (bicyclic) bond motifs is 1. The molecule has 0 aliphatic carbocycles. The number of nitrogens with one attached hydrogen (secondary N) is 1. The monoisotopic (exact) mass is 339 g/mol. The van der Waals surface area contributed by atoms with Gasteiger partial charge in [-0.3, -0.25) is 5.10 Å². The summed E-state index contributed by atoms with van der Waals surface area (Å²) in [5, 5.41) is 9.27. The average molecular weight is 339 g/mol. The van der Waals surface area contributed by atoms with Crippen molar-refractivity contribution in [3.8, 4) is 11.1 Å². The molecule has 124 valence electrons. The number of rotatable bonds is 2. The highest BCUT2D eigenvalue weighted by molar-refractivity contribution is 8.00. The van der Waals surface area contributed by atoms with E-state index in [1.165, 1.54) is 0 Å². The zero-order valence-electron chi connectivity index (χ0n) is 13.9. The molecule has 1 aliphatic rings. The van der Waals surface area contributed by atoms with E-state index in [2.05, 4.69) is 47.1 Å². The average Bonchev–Trinajstić information content (AvgIpc) is 2.95. The van der Waals surface area contributed by atoms with Crippen molar-refractivity contribution in [1.29, 1.82) is 0 Å². The summed E-state index contributed by atoms with van der Waals surface area (Å²) in [4.78, 5) is 7.13. The van der Waals surface area contributed by atoms with Gasteiger partial charge >= 0.3 is 0 Å². The Morgan fingerprint density at radius 2 is 1.88 bits per heavy atom. The van der Waals surface area contributed by atoms with Gasteiger partial charge in [0.05, 0.1) is 5.39 Å². The second-order valence-corrected chi connectivity index (χ2v) is 8.27. The van der Waals surface area contributed by atoms with Crippen molar-refractivity contribution in [2.24, 2.45) is 0 Å². The first-order valence-electron chi connectivity index (χ1n) is 8.22. The number of H-pyrrole nitrogens is 1. The largest absolute Gasteiger partial charge is 0.383 e. The summed E-state index contributed by atoms with van der Waals surface area (Å²) in [6.45, 7) is 6.55. The van der Waals surface area contributed by atoms with Crippen molar-refractivity contribution in [2.75, 3.05) is 23.7 Å². The quantitative estimate of drug-likeness (QED) is 0.747. The second-order valence-electron chi connectivity index (χ2n) is 6.39. The standard InChI is InChI=1S/C18H21N5S/c1-11-9-23(10-12(2)24-11)15-8-14(13-6-4-3-5-7-13)16-17(19)21-22-18(16)20-15/h3-8,11-12H,9-10H2,1-2H3,(H3,19,20,21,22). The molecule has 2 atom stereocenters. The Labute approximate surface area is 145 Å². The lowest BCUT2D eigenvalue weighted by Crippen LogP contribution is -2.40. The van der Waals surface area contributed by atoms with E-state index in [1.807, 2.05) is 30.0 Å². The van der Waals surface area contributed by atoms with Gasteiger partial charge < -0.3 is 10.6 Å². The molecule has 6 heteroatoms. The minimum absolute atomic E-state index is 0.568. The van der Waals surface area contributed by atoms with Crippen LogP contribution >= 0.6 is 11.8 Å². The first-order chi connectivity index (χ1) is 11.6. The number of nitrogens with zero attached hydrogens (tertiary/aromatic N) is 3. The van der Waals surface area contributed by atoms with Crippen molar-refractivity contribution in [3.63, 3.8) is 0 Å². The Bertz CT molecular complexity index is 850. The number of aromatic amines is 1. The molecule has 0 bridgehead atoms. The molecule has 1 saturated heterocycles. The van der Waals surface area contributed by atoms with Gasteiger partial charge in [-0.2, -0.15) is 16.9 Å². The van der Waals surface area contributed by atoms with Crippen molar-refractivity contribution in [3.05, 3.63) is 36.4 Å². The highest BCUT2D eigenvalue weighted by Gasteiger charge is 2.25. The maximum Gasteiger partial charge on any atom is 0.185 e. The molecule has 24 heavy (non-hydrogen) atoms. The fraction of sp³-hybridized carbons (Fsp3) is 0.333. The van der Waals surface area contributed by atoms with E-state index in [4.69, 9.17) is 10.7 Å². The highest BCUT2D eigenvalue weighted by Crippen LogP contribution is 2.35. The maximum absolute atomic E-state index is 6.11. The number of hydrogen-bond donors (Lipinski definition) is 2. The molecule has 3 heterocycles. The van der Waals surface area contributed by atoms with Crippen LogP contribution in [0.5, 0.6) is 0 Å². The molecule has 3 aromatic rings. The van der Waals surface area contributed by atoms with E-state index >= 15 is 0 Å². The minimum atomic E-state index is 0.568. The van der Waals surface area contributed by atoms with Crippen LogP contribution in [0.4, 0.5) is 11.6 Å². The number of hydrogen-bond acceptors (Lipinski definition) is 5. The van der Waals surface area contributed by atoms with Gasteiger partial charge in [-0.15, -0.1) is 0 Å². The van der Waals surface area contributed by atoms with Gasteiger partial charge in [-0.05, 0) is 11.6 Å². The summed E-state index contributed by atoms with van der Waals surface area (Å²) in [5.41, 5.74) is 9.01. The number of nitrogen functional groups attached to an aromatic ring is 1. The molecule has 2 aromatic heterocycles. The van der Waals surface area contributed by atoms with Crippen LogP contribution in [0.2, 0.25) is 0 Å².